The second-order valence-electron chi connectivity index (χ2n) is 6.66. The van der Waals surface area contributed by atoms with Crippen LogP contribution >= 0.6 is 11.3 Å². The Morgan fingerprint density at radius 3 is 2.52 bits per heavy atom. The van der Waals surface area contributed by atoms with E-state index in [0.717, 1.165) is 21.6 Å². The van der Waals surface area contributed by atoms with Gasteiger partial charge in [0.25, 0.3) is 11.8 Å². The first-order chi connectivity index (χ1) is 11.7. The highest BCUT2D eigenvalue weighted by Gasteiger charge is 2.46. The quantitative estimate of drug-likeness (QED) is 0.874. The van der Waals surface area contributed by atoms with E-state index in [4.69, 9.17) is 0 Å². The average Bonchev–Trinajstić information content (AvgIpc) is 3.08. The van der Waals surface area contributed by atoms with Gasteiger partial charge in [0.2, 0.25) is 0 Å². The van der Waals surface area contributed by atoms with Crippen molar-refractivity contribution in [2.24, 2.45) is 0 Å². The highest BCUT2D eigenvalue weighted by molar-refractivity contribution is 7.14. The number of hydrogen-bond donors (Lipinski definition) is 2. The third kappa shape index (κ3) is 3.18. The molecule has 3 heterocycles. The summed E-state index contributed by atoms with van der Waals surface area (Å²) in [7, 11) is 0. The summed E-state index contributed by atoms with van der Waals surface area (Å²) in [5.41, 5.74) is 1.56. The van der Waals surface area contributed by atoms with Crippen LogP contribution in [0.1, 0.15) is 41.7 Å². The highest BCUT2D eigenvalue weighted by Crippen LogP contribution is 2.28. The van der Waals surface area contributed by atoms with Crippen LogP contribution in [0.3, 0.4) is 0 Å². The van der Waals surface area contributed by atoms with Crippen LogP contribution < -0.4 is 5.32 Å². The maximum atomic E-state index is 14.7. The predicted octanol–water partition coefficient (Wildman–Crippen LogP) is 2.30. The number of rotatable bonds is 4. The van der Waals surface area contributed by atoms with Crippen molar-refractivity contribution in [1.82, 2.24) is 20.4 Å². The van der Waals surface area contributed by atoms with E-state index in [2.05, 4.69) is 15.5 Å². The molecule has 25 heavy (non-hydrogen) atoms. The molecular weight excluding hydrogens is 343 g/mol. The number of likely N-dealkylation sites (tertiary alicyclic amines) is 1. The molecule has 2 aromatic heterocycles. The number of hydrogen-bond acceptors (Lipinski definition) is 4. The minimum Gasteiger partial charge on any atom is -0.348 e. The Morgan fingerprint density at radius 2 is 2.00 bits per heavy atom. The maximum absolute atomic E-state index is 14.7. The molecule has 0 unspecified atom stereocenters. The number of nitrogens with zero attached hydrogens (tertiary/aromatic N) is 2. The van der Waals surface area contributed by atoms with Crippen molar-refractivity contribution in [2.45, 2.75) is 33.4 Å². The van der Waals surface area contributed by atoms with Gasteiger partial charge >= 0.3 is 0 Å². The lowest BCUT2D eigenvalue weighted by molar-refractivity contribution is -0.0181. The molecule has 6 nitrogen and oxygen atoms in total. The lowest BCUT2D eigenvalue weighted by atomic mass is 9.95. The summed E-state index contributed by atoms with van der Waals surface area (Å²) in [5.74, 6) is -0.528. The molecule has 0 spiro atoms. The van der Waals surface area contributed by atoms with Gasteiger partial charge in [0, 0.05) is 4.88 Å². The van der Waals surface area contributed by atoms with Gasteiger partial charge in [-0.05, 0) is 44.4 Å². The van der Waals surface area contributed by atoms with Gasteiger partial charge in [0.05, 0.1) is 30.7 Å². The Labute approximate surface area is 149 Å². The zero-order chi connectivity index (χ0) is 18.4. The average molecular weight is 364 g/mol. The summed E-state index contributed by atoms with van der Waals surface area (Å²) in [6.45, 7) is 7.43. The molecule has 0 radical (unpaired) electrons. The van der Waals surface area contributed by atoms with Gasteiger partial charge in [-0.25, -0.2) is 4.39 Å². The highest BCUT2D eigenvalue weighted by atomic mass is 32.1. The number of aromatic amines is 1. The fourth-order valence-electron chi connectivity index (χ4n) is 2.89. The molecular formula is C17H21FN4O2S. The lowest BCUT2D eigenvalue weighted by Gasteiger charge is -2.44. The van der Waals surface area contributed by atoms with Crippen molar-refractivity contribution < 1.29 is 14.0 Å². The predicted molar refractivity (Wildman–Crippen MR) is 93.9 cm³/mol. The van der Waals surface area contributed by atoms with Crippen LogP contribution in [-0.4, -0.2) is 52.2 Å². The Balaban J connectivity index is 1.56. The van der Waals surface area contributed by atoms with Crippen LogP contribution in [0.25, 0.3) is 0 Å². The summed E-state index contributed by atoms with van der Waals surface area (Å²) in [6.07, 6.45) is 1.56. The van der Waals surface area contributed by atoms with E-state index in [1.807, 2.05) is 20.8 Å². The van der Waals surface area contributed by atoms with E-state index >= 15 is 0 Å². The number of carbonyl (C=O) groups is 2. The van der Waals surface area contributed by atoms with Crippen molar-refractivity contribution in [3.8, 4) is 0 Å². The summed E-state index contributed by atoms with van der Waals surface area (Å²) >= 11 is 1.42. The standard InChI is InChI=1S/C17H21FN4O2S/c1-9-5-20-21-13(9)16(24)22-7-17(18,8-22)6-19-15(23)14-11(3)10(2)12(4)25-14/h5H,6-8H2,1-4H3,(H,19,23)(H,20,21). The molecule has 3 rings (SSSR count). The topological polar surface area (TPSA) is 78.1 Å². The summed E-state index contributed by atoms with van der Waals surface area (Å²) < 4.78 is 14.7. The monoisotopic (exact) mass is 364 g/mol. The van der Waals surface area contributed by atoms with Crippen LogP contribution in [-0.2, 0) is 0 Å². The first-order valence-corrected chi connectivity index (χ1v) is 8.86. The van der Waals surface area contributed by atoms with Crippen LogP contribution in [0.4, 0.5) is 4.39 Å². The summed E-state index contributed by atoms with van der Waals surface area (Å²) in [5, 5.41) is 9.11. The molecule has 1 aliphatic rings. The lowest BCUT2D eigenvalue weighted by Crippen LogP contribution is -2.65. The largest absolute Gasteiger partial charge is 0.348 e. The van der Waals surface area contributed by atoms with Crippen LogP contribution in [0.15, 0.2) is 6.20 Å². The fraction of sp³-hybridized carbons (Fsp3) is 0.471. The molecule has 0 aromatic carbocycles. The number of thiophene rings is 1. The van der Waals surface area contributed by atoms with Crippen LogP contribution in [0, 0.1) is 27.7 Å². The zero-order valence-electron chi connectivity index (χ0n) is 14.7. The Kier molecular flexibility index (Phi) is 4.40. The van der Waals surface area contributed by atoms with Gasteiger partial charge < -0.3 is 10.2 Å². The van der Waals surface area contributed by atoms with Crippen molar-refractivity contribution in [2.75, 3.05) is 19.6 Å². The molecule has 2 N–H and O–H groups in total. The number of aromatic nitrogens is 2. The van der Waals surface area contributed by atoms with E-state index in [1.165, 1.54) is 16.2 Å². The number of amides is 2. The minimum atomic E-state index is -1.59. The minimum absolute atomic E-state index is 0.0357. The Morgan fingerprint density at radius 1 is 1.32 bits per heavy atom. The number of aryl methyl sites for hydroxylation is 2. The van der Waals surface area contributed by atoms with Gasteiger partial charge in [-0.1, -0.05) is 0 Å². The Hall–Kier alpha value is -2.22. The van der Waals surface area contributed by atoms with E-state index in [9.17, 15) is 14.0 Å². The SMILES string of the molecule is Cc1cn[nH]c1C(=O)N1CC(F)(CNC(=O)c2sc(C)c(C)c2C)C1. The summed E-state index contributed by atoms with van der Waals surface area (Å²) in [4.78, 5) is 27.7. The number of carbonyl (C=O) groups excluding carboxylic acids is 2. The molecule has 1 saturated heterocycles. The summed E-state index contributed by atoms with van der Waals surface area (Å²) in [6, 6.07) is 0. The number of nitrogens with one attached hydrogen (secondary N) is 2. The second-order valence-corrected chi connectivity index (χ2v) is 7.88. The molecule has 0 saturated carbocycles. The molecule has 2 aromatic rings. The molecule has 0 atom stereocenters. The third-order valence-corrected chi connectivity index (χ3v) is 6.04. The van der Waals surface area contributed by atoms with E-state index < -0.39 is 5.67 Å². The number of H-pyrrole nitrogens is 1. The Bertz CT molecular complexity index is 836. The van der Waals surface area contributed by atoms with Crippen LogP contribution in [0.2, 0.25) is 0 Å². The normalized spacial score (nSPS) is 15.8. The fourth-order valence-corrected chi connectivity index (χ4v) is 3.97. The molecule has 134 valence electrons. The van der Waals surface area contributed by atoms with Crippen molar-refractivity contribution >= 4 is 23.2 Å². The van der Waals surface area contributed by atoms with Gasteiger partial charge in [0.15, 0.2) is 5.67 Å². The smallest absolute Gasteiger partial charge is 0.272 e. The van der Waals surface area contributed by atoms with E-state index in [0.29, 0.717) is 10.6 Å². The first kappa shape index (κ1) is 17.6. The van der Waals surface area contributed by atoms with Gasteiger partial charge in [-0.2, -0.15) is 5.10 Å². The molecule has 1 aliphatic heterocycles. The third-order valence-electron chi connectivity index (χ3n) is 4.74. The van der Waals surface area contributed by atoms with Crippen molar-refractivity contribution in [3.63, 3.8) is 0 Å². The van der Waals surface area contributed by atoms with E-state index in [-0.39, 0.29) is 31.4 Å². The number of alkyl halides is 1. The van der Waals surface area contributed by atoms with Gasteiger partial charge in [-0.3, -0.25) is 14.7 Å². The molecule has 1 fully saturated rings. The molecule has 8 heteroatoms. The van der Waals surface area contributed by atoms with Crippen LogP contribution in [0.5, 0.6) is 0 Å². The van der Waals surface area contributed by atoms with Gasteiger partial charge in [0.1, 0.15) is 5.69 Å². The first-order valence-electron chi connectivity index (χ1n) is 8.05. The molecule has 0 bridgehead atoms. The van der Waals surface area contributed by atoms with Crippen molar-refractivity contribution in [1.29, 1.82) is 0 Å². The van der Waals surface area contributed by atoms with Crippen molar-refractivity contribution in [3.05, 3.63) is 38.3 Å². The second kappa shape index (κ2) is 6.25. The van der Waals surface area contributed by atoms with E-state index in [1.54, 1.807) is 13.1 Å². The molecule has 0 aliphatic carbocycles. The van der Waals surface area contributed by atoms with Gasteiger partial charge in [-0.15, -0.1) is 11.3 Å². The number of halogens is 1. The maximum Gasteiger partial charge on any atom is 0.272 e. The zero-order valence-corrected chi connectivity index (χ0v) is 15.5. The molecule has 2 amide bonds.